The van der Waals surface area contributed by atoms with Crippen LogP contribution in [0.4, 0.5) is 0 Å². The van der Waals surface area contributed by atoms with Gasteiger partial charge in [0.25, 0.3) is 5.82 Å². The summed E-state index contributed by atoms with van der Waals surface area (Å²) < 4.78 is 6.28. The number of benzene rings is 3. The number of fused-ring (bicyclic) bond motifs is 3. The van der Waals surface area contributed by atoms with Crippen molar-refractivity contribution in [1.29, 1.82) is 0 Å². The van der Waals surface area contributed by atoms with Crippen LogP contribution in [0.25, 0.3) is 22.8 Å². The first-order chi connectivity index (χ1) is 14.0. The molecule has 0 spiro atoms. The van der Waals surface area contributed by atoms with E-state index in [9.17, 15) is 5.11 Å². The molecule has 1 aromatic heterocycles. The molecular weight excluding hydrogens is 572 g/mol. The van der Waals surface area contributed by atoms with Gasteiger partial charge in [0.05, 0.1) is 7.05 Å². The van der Waals surface area contributed by atoms with Crippen LogP contribution >= 0.6 is 31.9 Å². The second-order valence-electron chi connectivity index (χ2n) is 7.45. The Kier molecular flexibility index (Phi) is 5.79. The number of halogens is 3. The number of para-hydroxylation sites is 2. The highest BCUT2D eigenvalue weighted by Gasteiger charge is 2.47. The predicted molar refractivity (Wildman–Crippen MR) is 123 cm³/mol. The van der Waals surface area contributed by atoms with Crippen molar-refractivity contribution in [2.24, 2.45) is 7.05 Å². The normalized spacial score (nSPS) is 17.9. The summed E-state index contributed by atoms with van der Waals surface area (Å²) in [6.07, 6.45) is 2.66. The molecule has 0 saturated heterocycles. The molecule has 0 aliphatic carbocycles. The Labute approximate surface area is 202 Å². The molecule has 0 bridgehead atoms. The van der Waals surface area contributed by atoms with Crippen LogP contribution in [0.2, 0.25) is 0 Å². The van der Waals surface area contributed by atoms with Crippen molar-refractivity contribution in [3.05, 3.63) is 98.7 Å². The summed E-state index contributed by atoms with van der Waals surface area (Å²) in [5, 5.41) is 12.1. The number of hydrogen-bond acceptors (Lipinski definition) is 1. The fourth-order valence-electron chi connectivity index (χ4n) is 4.30. The lowest BCUT2D eigenvalue weighted by Gasteiger charge is -2.30. The lowest BCUT2D eigenvalue weighted by atomic mass is 9.82. The highest BCUT2D eigenvalue weighted by atomic mass is 79.9. The molecule has 0 fully saturated rings. The molecule has 1 atom stereocenters. The van der Waals surface area contributed by atoms with Gasteiger partial charge in [-0.3, -0.25) is 0 Å². The second kappa shape index (κ2) is 8.08. The average molecular weight is 591 g/mol. The topological polar surface area (TPSA) is 29.0 Å². The van der Waals surface area contributed by atoms with Crippen molar-refractivity contribution in [3.8, 4) is 0 Å². The van der Waals surface area contributed by atoms with Crippen molar-refractivity contribution < 1.29 is 26.7 Å². The van der Waals surface area contributed by atoms with Gasteiger partial charge in [-0.2, -0.15) is 4.57 Å². The molecule has 0 amide bonds. The SMILES string of the molecule is C[n+]1c2n(c3ccccc31)C=C(c1ccc(Br)cc1)CC2(O)c1ccc(Br)cc1.[Br-]. The van der Waals surface area contributed by atoms with Crippen LogP contribution in [-0.4, -0.2) is 9.67 Å². The van der Waals surface area contributed by atoms with Crippen molar-refractivity contribution >= 4 is 54.7 Å². The Morgan fingerprint density at radius 1 is 0.900 bits per heavy atom. The van der Waals surface area contributed by atoms with Crippen LogP contribution in [-0.2, 0) is 12.6 Å². The van der Waals surface area contributed by atoms with Crippen molar-refractivity contribution in [1.82, 2.24) is 4.57 Å². The van der Waals surface area contributed by atoms with Crippen LogP contribution in [0, 0.1) is 0 Å². The van der Waals surface area contributed by atoms with Crippen molar-refractivity contribution in [2.75, 3.05) is 0 Å². The maximum absolute atomic E-state index is 12.1. The molecule has 0 radical (unpaired) electrons. The number of imidazole rings is 1. The molecule has 0 saturated carbocycles. The van der Waals surface area contributed by atoms with E-state index in [1.54, 1.807) is 0 Å². The van der Waals surface area contributed by atoms with Crippen molar-refractivity contribution in [3.63, 3.8) is 0 Å². The first kappa shape index (κ1) is 21.5. The van der Waals surface area contributed by atoms with Crippen LogP contribution in [0.3, 0.4) is 0 Å². The Morgan fingerprint density at radius 3 is 2.17 bits per heavy atom. The minimum atomic E-state index is -1.15. The smallest absolute Gasteiger partial charge is 0.299 e. The Balaban J connectivity index is 0.00000218. The Hall–Kier alpha value is -1.73. The summed E-state index contributed by atoms with van der Waals surface area (Å²) >= 11 is 7.02. The summed E-state index contributed by atoms with van der Waals surface area (Å²) in [5.41, 5.74) is 4.10. The molecule has 6 heteroatoms. The van der Waals surface area contributed by atoms with Gasteiger partial charge in [0.1, 0.15) is 6.20 Å². The molecule has 1 N–H and O–H groups in total. The maximum Gasteiger partial charge on any atom is 0.299 e. The third-order valence-electron chi connectivity index (χ3n) is 5.69. The number of aliphatic hydroxyl groups is 1. The summed E-state index contributed by atoms with van der Waals surface area (Å²) in [4.78, 5) is 0. The van der Waals surface area contributed by atoms with Gasteiger partial charge in [-0.1, -0.05) is 68.3 Å². The summed E-state index contributed by atoms with van der Waals surface area (Å²) in [6, 6.07) is 24.5. The molecule has 1 aliphatic heterocycles. The van der Waals surface area contributed by atoms with E-state index < -0.39 is 5.60 Å². The van der Waals surface area contributed by atoms with E-state index in [0.717, 1.165) is 42.5 Å². The zero-order valence-corrected chi connectivity index (χ0v) is 20.9. The number of hydrogen-bond donors (Lipinski definition) is 1. The van der Waals surface area contributed by atoms with Gasteiger partial charge >= 0.3 is 0 Å². The van der Waals surface area contributed by atoms with E-state index in [2.05, 4.69) is 71.5 Å². The molecule has 2 heterocycles. The fourth-order valence-corrected chi connectivity index (χ4v) is 4.83. The Bertz CT molecular complexity index is 1260. The van der Waals surface area contributed by atoms with Gasteiger partial charge in [0, 0.05) is 20.9 Å². The van der Waals surface area contributed by atoms with E-state index in [4.69, 9.17) is 0 Å². The number of nitrogens with zero attached hydrogens (tertiary/aromatic N) is 2. The van der Waals surface area contributed by atoms with Crippen LogP contribution in [0.1, 0.15) is 23.4 Å². The minimum absolute atomic E-state index is 0. The van der Waals surface area contributed by atoms with Gasteiger partial charge in [-0.05, 0) is 47.5 Å². The van der Waals surface area contributed by atoms with E-state index in [0.29, 0.717) is 6.42 Å². The highest BCUT2D eigenvalue weighted by Crippen LogP contribution is 2.43. The molecule has 3 nitrogen and oxygen atoms in total. The third kappa shape index (κ3) is 3.40. The van der Waals surface area contributed by atoms with E-state index >= 15 is 0 Å². The van der Waals surface area contributed by atoms with Gasteiger partial charge in [0.15, 0.2) is 16.6 Å². The Morgan fingerprint density at radius 2 is 1.50 bits per heavy atom. The van der Waals surface area contributed by atoms with E-state index in [-0.39, 0.29) is 17.0 Å². The molecule has 5 rings (SSSR count). The first-order valence-electron chi connectivity index (χ1n) is 9.42. The predicted octanol–water partition coefficient (Wildman–Crippen LogP) is 2.63. The third-order valence-corrected chi connectivity index (χ3v) is 6.74. The zero-order chi connectivity index (χ0) is 20.2. The highest BCUT2D eigenvalue weighted by molar-refractivity contribution is 9.10. The molecular formula is C24H19Br3N2O. The molecule has 4 aromatic rings. The number of rotatable bonds is 2. The largest absolute Gasteiger partial charge is 1.00 e. The molecule has 1 unspecified atom stereocenters. The number of aromatic nitrogens is 2. The lowest BCUT2D eigenvalue weighted by Crippen LogP contribution is -3.00. The lowest BCUT2D eigenvalue weighted by molar-refractivity contribution is -0.660. The molecule has 152 valence electrons. The van der Waals surface area contributed by atoms with Gasteiger partial charge < -0.3 is 22.1 Å². The first-order valence-corrected chi connectivity index (χ1v) is 11.0. The van der Waals surface area contributed by atoms with Gasteiger partial charge in [0.2, 0.25) is 0 Å². The van der Waals surface area contributed by atoms with E-state index in [1.807, 2.05) is 55.6 Å². The monoisotopic (exact) mass is 588 g/mol. The fraction of sp³-hybridized carbons (Fsp3) is 0.125. The summed E-state index contributed by atoms with van der Waals surface area (Å²) in [7, 11) is 2.02. The summed E-state index contributed by atoms with van der Waals surface area (Å²) in [5.74, 6) is 0.863. The quantitative estimate of drug-likeness (QED) is 0.358. The van der Waals surface area contributed by atoms with Gasteiger partial charge in [-0.15, -0.1) is 0 Å². The average Bonchev–Trinajstić information content (AvgIpc) is 3.02. The zero-order valence-electron chi connectivity index (χ0n) is 16.2. The number of aryl methyl sites for hydroxylation is 1. The van der Waals surface area contributed by atoms with Crippen LogP contribution in [0.5, 0.6) is 0 Å². The van der Waals surface area contributed by atoms with E-state index in [1.165, 1.54) is 0 Å². The van der Waals surface area contributed by atoms with Crippen molar-refractivity contribution in [2.45, 2.75) is 12.0 Å². The standard InChI is InChI=1S/C24H19Br2N2O.BrH/c1-27-21-4-2-3-5-22(21)28-15-17(16-6-10-19(25)11-7-16)14-24(29,23(27)28)18-8-12-20(26)13-9-18;/h2-13,15,29H,14H2,1H3;1H/q+1;/p-1. The molecule has 3 aromatic carbocycles. The van der Waals surface area contributed by atoms with Gasteiger partial charge in [-0.25, -0.2) is 4.57 Å². The molecule has 30 heavy (non-hydrogen) atoms. The maximum atomic E-state index is 12.1. The minimum Gasteiger partial charge on any atom is -1.00 e. The van der Waals surface area contributed by atoms with Crippen LogP contribution in [0.15, 0.2) is 81.7 Å². The van der Waals surface area contributed by atoms with Crippen LogP contribution < -0.4 is 21.5 Å². The second-order valence-corrected chi connectivity index (χ2v) is 9.28. The summed E-state index contributed by atoms with van der Waals surface area (Å²) in [6.45, 7) is 0. The molecule has 1 aliphatic rings.